The molecule has 1 saturated heterocycles. The normalized spacial score (nSPS) is 34.5. The quantitative estimate of drug-likeness (QED) is 0.464. The number of fused-ring (bicyclic) bond motifs is 1. The first-order chi connectivity index (χ1) is 16.6. The van der Waals surface area contributed by atoms with Crippen LogP contribution in [0.1, 0.15) is 92.7 Å². The van der Waals surface area contributed by atoms with E-state index in [0.29, 0.717) is 17.5 Å². The number of pyridine rings is 1. The van der Waals surface area contributed by atoms with E-state index in [1.54, 1.807) is 0 Å². The number of aromatic nitrogens is 5. The van der Waals surface area contributed by atoms with Gasteiger partial charge in [0.25, 0.3) is 0 Å². The van der Waals surface area contributed by atoms with Gasteiger partial charge in [-0.1, -0.05) is 0 Å². The fourth-order valence-corrected chi connectivity index (χ4v) is 6.68. The zero-order chi connectivity index (χ0) is 24.2. The molecular formula is C26H28F3N5O. The molecule has 4 aliphatic carbocycles. The lowest BCUT2D eigenvalue weighted by Gasteiger charge is -2.70. The first kappa shape index (κ1) is 21.7. The van der Waals surface area contributed by atoms with E-state index in [1.807, 2.05) is 29.9 Å². The van der Waals surface area contributed by atoms with E-state index in [2.05, 4.69) is 23.2 Å². The van der Waals surface area contributed by atoms with Crippen molar-refractivity contribution >= 4 is 11.0 Å². The molecular weight excluding hydrogens is 455 g/mol. The molecule has 8 rings (SSSR count). The van der Waals surface area contributed by atoms with Gasteiger partial charge in [-0.2, -0.15) is 18.3 Å². The van der Waals surface area contributed by atoms with Crippen molar-refractivity contribution in [1.29, 1.82) is 0 Å². The molecule has 6 nitrogen and oxygen atoms in total. The minimum absolute atomic E-state index is 0.0136. The summed E-state index contributed by atoms with van der Waals surface area (Å²) < 4.78 is 49.1. The van der Waals surface area contributed by atoms with Gasteiger partial charge in [-0.3, -0.25) is 4.68 Å². The van der Waals surface area contributed by atoms with E-state index < -0.39 is 17.0 Å². The third kappa shape index (κ3) is 3.26. The molecule has 0 spiro atoms. The summed E-state index contributed by atoms with van der Waals surface area (Å²) >= 11 is 0. The van der Waals surface area contributed by atoms with Crippen LogP contribution >= 0.6 is 0 Å². The Bertz CT molecular complexity index is 1310. The Hall–Kier alpha value is -2.55. The van der Waals surface area contributed by atoms with Gasteiger partial charge in [0.2, 0.25) is 0 Å². The van der Waals surface area contributed by atoms with Crippen molar-refractivity contribution in [2.45, 2.75) is 94.6 Å². The molecule has 184 valence electrons. The highest BCUT2D eigenvalue weighted by Crippen LogP contribution is 2.78. The van der Waals surface area contributed by atoms with Crippen LogP contribution in [-0.2, 0) is 10.2 Å². The molecule has 0 aromatic carbocycles. The van der Waals surface area contributed by atoms with Crippen molar-refractivity contribution in [2.24, 2.45) is 5.41 Å². The maximum atomic E-state index is 13.6. The molecule has 2 bridgehead atoms. The second kappa shape index (κ2) is 7.02. The Morgan fingerprint density at radius 3 is 2.54 bits per heavy atom. The molecule has 4 saturated carbocycles. The minimum atomic E-state index is -4.15. The lowest BCUT2D eigenvalue weighted by molar-refractivity contribution is -0.337. The summed E-state index contributed by atoms with van der Waals surface area (Å²) in [5, 5.41) is 5.32. The molecule has 0 radical (unpaired) electrons. The van der Waals surface area contributed by atoms with Gasteiger partial charge < -0.3 is 4.74 Å². The van der Waals surface area contributed by atoms with E-state index in [4.69, 9.17) is 14.7 Å². The maximum Gasteiger partial charge on any atom is 0.394 e. The number of halogens is 3. The van der Waals surface area contributed by atoms with Crippen LogP contribution in [0.2, 0.25) is 0 Å². The lowest BCUT2D eigenvalue weighted by atomic mass is 9.33. The topological polar surface area (TPSA) is 65.7 Å². The van der Waals surface area contributed by atoms with Gasteiger partial charge in [-0.25, -0.2) is 15.0 Å². The predicted molar refractivity (Wildman–Crippen MR) is 122 cm³/mol. The van der Waals surface area contributed by atoms with Crippen LogP contribution in [0.25, 0.3) is 11.0 Å². The van der Waals surface area contributed by atoms with Gasteiger partial charge in [0.1, 0.15) is 5.82 Å². The minimum Gasteiger partial charge on any atom is -0.370 e. The lowest BCUT2D eigenvalue weighted by Crippen LogP contribution is -2.70. The highest BCUT2D eigenvalue weighted by molar-refractivity contribution is 5.79. The highest BCUT2D eigenvalue weighted by Gasteiger charge is 2.79. The molecule has 0 N–H and O–H groups in total. The number of hydrogen-bond donors (Lipinski definition) is 0. The third-order valence-corrected chi connectivity index (χ3v) is 8.64. The van der Waals surface area contributed by atoms with Crippen molar-refractivity contribution < 1.29 is 17.9 Å². The summed E-state index contributed by atoms with van der Waals surface area (Å²) in [6, 6.07) is 4.33. The highest BCUT2D eigenvalue weighted by atomic mass is 19.4. The average molecular weight is 484 g/mol. The van der Waals surface area contributed by atoms with Gasteiger partial charge in [-0.15, -0.1) is 0 Å². The van der Waals surface area contributed by atoms with Crippen LogP contribution in [-0.4, -0.2) is 37.0 Å². The van der Waals surface area contributed by atoms with Gasteiger partial charge >= 0.3 is 6.18 Å². The summed E-state index contributed by atoms with van der Waals surface area (Å²) in [5.41, 5.74) is 1.21. The Morgan fingerprint density at radius 2 is 1.83 bits per heavy atom. The van der Waals surface area contributed by atoms with Crippen molar-refractivity contribution in [3.63, 3.8) is 0 Å². The fraction of sp³-hybridized carbons (Fsp3) is 0.615. The molecule has 5 aliphatic rings. The molecule has 0 amide bonds. The Labute approximate surface area is 201 Å². The average Bonchev–Trinajstić information content (AvgIpc) is 3.46. The van der Waals surface area contributed by atoms with Gasteiger partial charge in [0.05, 0.1) is 35.6 Å². The molecule has 3 aromatic rings. The van der Waals surface area contributed by atoms with Gasteiger partial charge in [0, 0.05) is 34.2 Å². The Kier molecular flexibility index (Phi) is 4.35. The summed E-state index contributed by atoms with van der Waals surface area (Å²) in [6.45, 7) is 3.97. The molecule has 9 heteroatoms. The third-order valence-electron chi connectivity index (χ3n) is 8.64. The molecule has 3 atom stereocenters. The number of hydrogen-bond acceptors (Lipinski definition) is 5. The zero-order valence-corrected chi connectivity index (χ0v) is 19.8. The molecule has 5 fully saturated rings. The van der Waals surface area contributed by atoms with Crippen molar-refractivity contribution in [1.82, 2.24) is 24.7 Å². The first-order valence-corrected chi connectivity index (χ1v) is 12.6. The summed E-state index contributed by atoms with van der Waals surface area (Å²) in [4.78, 5) is 14.5. The summed E-state index contributed by atoms with van der Waals surface area (Å²) in [7, 11) is 0. The molecule has 4 heterocycles. The van der Waals surface area contributed by atoms with Crippen molar-refractivity contribution in [2.75, 3.05) is 0 Å². The van der Waals surface area contributed by atoms with Crippen LogP contribution in [0.15, 0.2) is 24.5 Å². The van der Waals surface area contributed by atoms with Crippen LogP contribution in [0, 0.1) is 12.3 Å². The van der Waals surface area contributed by atoms with Crippen molar-refractivity contribution in [3.05, 3.63) is 47.3 Å². The van der Waals surface area contributed by atoms with Gasteiger partial charge in [0.15, 0.2) is 5.65 Å². The standard InChI is InChI=1S/C26H28F3N5O/c1-14-3-6-19-21(24-11-25(12-24,13-24)26(27,28)29)32-22(33-23(19)31-14)16-7-15(2)35-20(8-16)17-9-30-34(10-17)18-4-5-18/h3,6,9-10,15-16,18,20H,4-5,7-8,11-13H2,1-2H3/t15-,16-,20+,24?,25?/m0/s1. The van der Waals surface area contributed by atoms with Crippen LogP contribution in [0.3, 0.4) is 0 Å². The van der Waals surface area contributed by atoms with Crippen LogP contribution in [0.4, 0.5) is 13.2 Å². The first-order valence-electron chi connectivity index (χ1n) is 12.6. The molecule has 0 unspecified atom stereocenters. The van der Waals surface area contributed by atoms with Crippen molar-refractivity contribution in [3.8, 4) is 0 Å². The molecule has 3 aromatic heterocycles. The van der Waals surface area contributed by atoms with Gasteiger partial charge in [-0.05, 0) is 70.9 Å². The molecule has 1 aliphatic heterocycles. The SMILES string of the molecule is Cc1ccc2c(C34CC(C(F)(F)F)(C3)C4)nc([C@H]3C[C@H](C)O[C@@H](c4cnn(C5CC5)c4)C3)nc2n1. The number of nitrogens with zero attached hydrogens (tertiary/aromatic N) is 5. The number of ether oxygens (including phenoxy) is 1. The van der Waals surface area contributed by atoms with E-state index in [-0.39, 0.29) is 37.4 Å². The second-order valence-electron chi connectivity index (χ2n) is 11.4. The van der Waals surface area contributed by atoms with E-state index >= 15 is 0 Å². The fourth-order valence-electron chi connectivity index (χ4n) is 6.68. The number of alkyl halides is 3. The van der Waals surface area contributed by atoms with E-state index in [0.717, 1.165) is 35.2 Å². The number of rotatable bonds is 4. The molecule has 35 heavy (non-hydrogen) atoms. The van der Waals surface area contributed by atoms with Crippen LogP contribution in [0.5, 0.6) is 0 Å². The predicted octanol–water partition coefficient (Wildman–Crippen LogP) is 5.87. The largest absolute Gasteiger partial charge is 0.394 e. The number of aryl methyl sites for hydroxylation is 1. The van der Waals surface area contributed by atoms with E-state index in [9.17, 15) is 13.2 Å². The summed E-state index contributed by atoms with van der Waals surface area (Å²) in [6.07, 6.45) is 3.94. The smallest absolute Gasteiger partial charge is 0.370 e. The Morgan fingerprint density at radius 1 is 1.06 bits per heavy atom. The zero-order valence-electron chi connectivity index (χ0n) is 19.8. The maximum absolute atomic E-state index is 13.6. The second-order valence-corrected chi connectivity index (χ2v) is 11.4. The van der Waals surface area contributed by atoms with Crippen LogP contribution < -0.4 is 0 Å². The van der Waals surface area contributed by atoms with E-state index in [1.165, 1.54) is 12.8 Å². The summed E-state index contributed by atoms with van der Waals surface area (Å²) in [5.74, 6) is 0.730. The Balaban J connectivity index is 1.24. The monoisotopic (exact) mass is 483 g/mol.